The Hall–Kier alpha value is -3.74. The van der Waals surface area contributed by atoms with E-state index >= 15 is 0 Å². The summed E-state index contributed by atoms with van der Waals surface area (Å²) in [5, 5.41) is 15.0. The van der Waals surface area contributed by atoms with E-state index in [0.29, 0.717) is 11.6 Å². The van der Waals surface area contributed by atoms with E-state index in [4.69, 9.17) is 9.15 Å². The number of carbonyl (C=O) groups is 1. The molecule has 0 bridgehead atoms. The van der Waals surface area contributed by atoms with Crippen molar-refractivity contribution in [1.29, 1.82) is 0 Å². The third kappa shape index (κ3) is 4.08. The van der Waals surface area contributed by atoms with Crippen molar-refractivity contribution in [3.05, 3.63) is 77.3 Å². The summed E-state index contributed by atoms with van der Waals surface area (Å²) in [5.41, 5.74) is 4.94. The molecule has 0 spiro atoms. The average Bonchev–Trinajstić information content (AvgIpc) is 3.39. The summed E-state index contributed by atoms with van der Waals surface area (Å²) in [6.07, 6.45) is -0.694. The molecule has 29 heavy (non-hydrogen) atoms. The van der Waals surface area contributed by atoms with Gasteiger partial charge in [0.05, 0.1) is 5.69 Å². The lowest BCUT2D eigenvalue weighted by Gasteiger charge is -2.07. The number of carbonyl (C=O) groups excluding carboxylic acids is 1. The highest BCUT2D eigenvalue weighted by atomic mass is 16.6. The molecule has 7 heteroatoms. The van der Waals surface area contributed by atoms with E-state index in [9.17, 15) is 4.79 Å². The number of benzene rings is 2. The van der Waals surface area contributed by atoms with E-state index in [-0.39, 0.29) is 11.6 Å². The zero-order valence-electron chi connectivity index (χ0n) is 16.3. The lowest BCUT2D eigenvalue weighted by Crippen LogP contribution is -2.10. The Balaban J connectivity index is 1.45. The van der Waals surface area contributed by atoms with Gasteiger partial charge < -0.3 is 9.15 Å². The monoisotopic (exact) mass is 388 g/mol. The van der Waals surface area contributed by atoms with Gasteiger partial charge in [0.1, 0.15) is 5.69 Å². The third-order valence-electron chi connectivity index (χ3n) is 4.52. The first-order valence-electron chi connectivity index (χ1n) is 9.23. The Bertz CT molecular complexity index is 1130. The molecule has 4 aromatic rings. The molecule has 0 saturated heterocycles. The zero-order chi connectivity index (χ0) is 20.4. The minimum Gasteiger partial charge on any atom is -0.448 e. The molecule has 2 aromatic carbocycles. The van der Waals surface area contributed by atoms with Crippen molar-refractivity contribution in [3.8, 4) is 22.7 Å². The van der Waals surface area contributed by atoms with Crippen LogP contribution in [0.2, 0.25) is 0 Å². The lowest BCUT2D eigenvalue weighted by atomic mass is 10.1. The van der Waals surface area contributed by atoms with Crippen molar-refractivity contribution in [2.45, 2.75) is 26.9 Å². The molecule has 0 fully saturated rings. The SMILES string of the molecule is Cc1ccc(-c2cc(C(=O)O[C@H](C)c3nnc(-c4ccc(C)cc4)o3)[nH]n2)cc1. The summed E-state index contributed by atoms with van der Waals surface area (Å²) in [7, 11) is 0. The van der Waals surface area contributed by atoms with Crippen molar-refractivity contribution < 1.29 is 13.9 Å². The van der Waals surface area contributed by atoms with Crippen molar-refractivity contribution in [3.63, 3.8) is 0 Å². The Morgan fingerprint density at radius 2 is 1.59 bits per heavy atom. The number of aryl methyl sites for hydroxylation is 2. The van der Waals surface area contributed by atoms with E-state index in [1.54, 1.807) is 13.0 Å². The molecule has 1 N–H and O–H groups in total. The lowest BCUT2D eigenvalue weighted by molar-refractivity contribution is 0.0273. The predicted octanol–water partition coefficient (Wildman–Crippen LogP) is 4.66. The average molecular weight is 388 g/mol. The van der Waals surface area contributed by atoms with Crippen LogP contribution in [0, 0.1) is 13.8 Å². The fourth-order valence-electron chi connectivity index (χ4n) is 2.78. The summed E-state index contributed by atoms with van der Waals surface area (Å²) >= 11 is 0. The van der Waals surface area contributed by atoms with Crippen LogP contribution in [0.25, 0.3) is 22.7 Å². The molecule has 2 heterocycles. The number of nitrogens with zero attached hydrogens (tertiary/aromatic N) is 3. The number of ether oxygens (including phenoxy) is 1. The van der Waals surface area contributed by atoms with Crippen LogP contribution in [-0.4, -0.2) is 26.4 Å². The first-order valence-corrected chi connectivity index (χ1v) is 9.23. The summed E-state index contributed by atoms with van der Waals surface area (Å²) < 4.78 is 11.1. The number of nitrogens with one attached hydrogen (secondary N) is 1. The van der Waals surface area contributed by atoms with E-state index in [0.717, 1.165) is 22.3 Å². The summed E-state index contributed by atoms with van der Waals surface area (Å²) in [5.74, 6) is 0.0664. The highest BCUT2D eigenvalue weighted by molar-refractivity contribution is 5.88. The van der Waals surface area contributed by atoms with Crippen LogP contribution in [0.4, 0.5) is 0 Å². The number of aromatic amines is 1. The van der Waals surface area contributed by atoms with Crippen LogP contribution in [0.5, 0.6) is 0 Å². The molecule has 146 valence electrons. The molecule has 4 rings (SSSR count). The quantitative estimate of drug-likeness (QED) is 0.500. The maximum absolute atomic E-state index is 12.5. The third-order valence-corrected chi connectivity index (χ3v) is 4.52. The first kappa shape index (κ1) is 18.6. The Kier molecular flexibility index (Phi) is 4.95. The van der Waals surface area contributed by atoms with Gasteiger partial charge in [-0.05, 0) is 39.0 Å². The normalized spacial score (nSPS) is 12.0. The van der Waals surface area contributed by atoms with Gasteiger partial charge in [0, 0.05) is 11.1 Å². The zero-order valence-corrected chi connectivity index (χ0v) is 16.3. The van der Waals surface area contributed by atoms with Gasteiger partial charge in [-0.3, -0.25) is 5.10 Å². The minimum atomic E-state index is -0.694. The number of hydrogen-bond donors (Lipinski definition) is 1. The molecule has 0 radical (unpaired) electrons. The largest absolute Gasteiger partial charge is 0.448 e. The van der Waals surface area contributed by atoms with Gasteiger partial charge in [-0.25, -0.2) is 4.79 Å². The molecule has 0 unspecified atom stereocenters. The van der Waals surface area contributed by atoms with E-state index in [2.05, 4.69) is 20.4 Å². The molecule has 0 saturated carbocycles. The Morgan fingerprint density at radius 1 is 0.966 bits per heavy atom. The highest BCUT2D eigenvalue weighted by Gasteiger charge is 2.21. The Morgan fingerprint density at radius 3 is 2.24 bits per heavy atom. The second-order valence-electron chi connectivity index (χ2n) is 6.89. The van der Waals surface area contributed by atoms with Gasteiger partial charge in [-0.2, -0.15) is 5.10 Å². The van der Waals surface area contributed by atoms with E-state index in [1.165, 1.54) is 0 Å². The summed E-state index contributed by atoms with van der Waals surface area (Å²) in [6.45, 7) is 5.70. The molecule has 1 atom stereocenters. The first-order chi connectivity index (χ1) is 14.0. The number of hydrogen-bond acceptors (Lipinski definition) is 6. The molecule has 0 aliphatic rings. The van der Waals surface area contributed by atoms with Crippen molar-refractivity contribution in [2.75, 3.05) is 0 Å². The van der Waals surface area contributed by atoms with Crippen molar-refractivity contribution in [2.24, 2.45) is 0 Å². The van der Waals surface area contributed by atoms with Crippen LogP contribution in [-0.2, 0) is 4.74 Å². The summed E-state index contributed by atoms with van der Waals surface area (Å²) in [4.78, 5) is 12.5. The minimum absolute atomic E-state index is 0.229. The van der Waals surface area contributed by atoms with Crippen LogP contribution in [0.1, 0.15) is 40.5 Å². The van der Waals surface area contributed by atoms with E-state index in [1.807, 2.05) is 62.4 Å². The highest BCUT2D eigenvalue weighted by Crippen LogP contribution is 2.24. The number of esters is 1. The molecule has 2 aromatic heterocycles. The van der Waals surface area contributed by atoms with Crippen LogP contribution in [0.15, 0.2) is 59.0 Å². The molecular formula is C22H20N4O3. The number of aromatic nitrogens is 4. The van der Waals surface area contributed by atoms with Gasteiger partial charge in [0.2, 0.25) is 5.89 Å². The fraction of sp³-hybridized carbons (Fsp3) is 0.182. The fourth-order valence-corrected chi connectivity index (χ4v) is 2.78. The van der Waals surface area contributed by atoms with Gasteiger partial charge in [-0.15, -0.1) is 10.2 Å². The molecular weight excluding hydrogens is 368 g/mol. The summed E-state index contributed by atoms with van der Waals surface area (Å²) in [6, 6.07) is 17.3. The standard InChI is InChI=1S/C22H20N4O3/c1-13-4-8-16(9-5-13)18-12-19(24-23-18)22(27)28-15(3)20-25-26-21(29-20)17-10-6-14(2)7-11-17/h4-12,15H,1-3H3,(H,23,24)/t15-/m1/s1. The van der Waals surface area contributed by atoms with Gasteiger partial charge in [0.25, 0.3) is 5.89 Å². The van der Waals surface area contributed by atoms with Gasteiger partial charge in [-0.1, -0.05) is 47.5 Å². The Labute approximate surface area is 167 Å². The van der Waals surface area contributed by atoms with Crippen LogP contribution >= 0.6 is 0 Å². The van der Waals surface area contributed by atoms with Crippen molar-refractivity contribution in [1.82, 2.24) is 20.4 Å². The molecule has 0 amide bonds. The smallest absolute Gasteiger partial charge is 0.357 e. The molecule has 0 aliphatic carbocycles. The van der Waals surface area contributed by atoms with Crippen molar-refractivity contribution >= 4 is 5.97 Å². The van der Waals surface area contributed by atoms with Gasteiger partial charge >= 0.3 is 5.97 Å². The molecule has 0 aliphatic heterocycles. The molecule has 7 nitrogen and oxygen atoms in total. The van der Waals surface area contributed by atoms with E-state index < -0.39 is 12.1 Å². The maximum Gasteiger partial charge on any atom is 0.357 e. The number of H-pyrrole nitrogens is 1. The van der Waals surface area contributed by atoms with Crippen LogP contribution in [0.3, 0.4) is 0 Å². The predicted molar refractivity (Wildman–Crippen MR) is 107 cm³/mol. The topological polar surface area (TPSA) is 93.9 Å². The maximum atomic E-state index is 12.5. The number of rotatable bonds is 5. The van der Waals surface area contributed by atoms with Gasteiger partial charge in [0.15, 0.2) is 6.10 Å². The van der Waals surface area contributed by atoms with Crippen LogP contribution < -0.4 is 0 Å². The second-order valence-corrected chi connectivity index (χ2v) is 6.89. The second kappa shape index (κ2) is 7.71.